The maximum atomic E-state index is 12.3. The second kappa shape index (κ2) is 10.2. The van der Waals surface area contributed by atoms with Crippen LogP contribution in [0.1, 0.15) is 22.8 Å². The molecule has 0 aliphatic rings. The molecule has 0 atom stereocenters. The third-order valence-corrected chi connectivity index (χ3v) is 4.83. The van der Waals surface area contributed by atoms with Gasteiger partial charge in [0.25, 0.3) is 5.91 Å². The van der Waals surface area contributed by atoms with Gasteiger partial charge >= 0.3 is 0 Å². The lowest BCUT2D eigenvalue weighted by atomic mass is 10.0. The molecule has 0 unspecified atom stereocenters. The minimum absolute atomic E-state index is 0.104. The normalized spacial score (nSPS) is 10.3. The summed E-state index contributed by atoms with van der Waals surface area (Å²) in [5.41, 5.74) is 4.40. The Bertz CT molecular complexity index is 1270. The van der Waals surface area contributed by atoms with Crippen molar-refractivity contribution in [1.82, 2.24) is 9.97 Å². The Labute approximate surface area is 191 Å². The summed E-state index contributed by atoms with van der Waals surface area (Å²) < 4.78 is 0. The van der Waals surface area contributed by atoms with E-state index in [0.29, 0.717) is 23.9 Å². The summed E-state index contributed by atoms with van der Waals surface area (Å²) in [6.45, 7) is 2.00. The molecule has 7 nitrogen and oxygen atoms in total. The predicted octanol–water partition coefficient (Wildman–Crippen LogP) is 4.97. The van der Waals surface area contributed by atoms with E-state index in [2.05, 4.69) is 32.0 Å². The fourth-order valence-corrected chi connectivity index (χ4v) is 3.31. The first kappa shape index (κ1) is 21.7. The van der Waals surface area contributed by atoms with E-state index in [1.807, 2.05) is 60.7 Å². The van der Waals surface area contributed by atoms with Crippen molar-refractivity contribution >= 4 is 29.3 Å². The van der Waals surface area contributed by atoms with E-state index in [4.69, 9.17) is 0 Å². The van der Waals surface area contributed by atoms with Gasteiger partial charge < -0.3 is 16.0 Å². The van der Waals surface area contributed by atoms with E-state index < -0.39 is 0 Å². The van der Waals surface area contributed by atoms with Crippen molar-refractivity contribution < 1.29 is 9.59 Å². The lowest BCUT2D eigenvalue weighted by molar-refractivity contribution is -0.114. The molecule has 1 heterocycles. The van der Waals surface area contributed by atoms with Crippen LogP contribution >= 0.6 is 0 Å². The van der Waals surface area contributed by atoms with Gasteiger partial charge in [0.2, 0.25) is 11.9 Å². The van der Waals surface area contributed by atoms with E-state index in [9.17, 15) is 9.59 Å². The van der Waals surface area contributed by atoms with Gasteiger partial charge in [0.1, 0.15) is 5.82 Å². The number of carbonyl (C=O) groups excluding carboxylic acids is 2. The lowest BCUT2D eigenvalue weighted by Crippen LogP contribution is -2.14. The molecule has 3 aromatic carbocycles. The van der Waals surface area contributed by atoms with E-state index in [-0.39, 0.29) is 11.8 Å². The average molecular weight is 438 g/mol. The fourth-order valence-electron chi connectivity index (χ4n) is 3.31. The Morgan fingerprint density at radius 3 is 2.36 bits per heavy atom. The molecule has 0 radical (unpaired) electrons. The van der Waals surface area contributed by atoms with Crippen LogP contribution in [0.2, 0.25) is 0 Å². The van der Waals surface area contributed by atoms with Gasteiger partial charge in [0.05, 0.1) is 0 Å². The van der Waals surface area contributed by atoms with Crippen LogP contribution in [0.15, 0.2) is 91.1 Å². The van der Waals surface area contributed by atoms with Crippen molar-refractivity contribution in [3.05, 3.63) is 102 Å². The van der Waals surface area contributed by atoms with E-state index in [1.165, 1.54) is 6.92 Å². The third kappa shape index (κ3) is 6.01. The fraction of sp³-hybridized carbons (Fsp3) is 0.0769. The van der Waals surface area contributed by atoms with Crippen LogP contribution in [0.25, 0.3) is 11.1 Å². The highest BCUT2D eigenvalue weighted by Gasteiger charge is 2.07. The second-order valence-corrected chi connectivity index (χ2v) is 7.40. The van der Waals surface area contributed by atoms with Gasteiger partial charge in [0, 0.05) is 30.9 Å². The Hall–Kier alpha value is -4.52. The van der Waals surface area contributed by atoms with Gasteiger partial charge in [-0.05, 0) is 53.1 Å². The molecular formula is C26H23N5O2. The zero-order valence-corrected chi connectivity index (χ0v) is 18.1. The molecule has 0 bridgehead atoms. The largest absolute Gasteiger partial charge is 0.350 e. The van der Waals surface area contributed by atoms with Crippen LogP contribution in [-0.4, -0.2) is 21.8 Å². The number of aromatic nitrogens is 2. The summed E-state index contributed by atoms with van der Waals surface area (Å²) in [5, 5.41) is 8.79. The first-order chi connectivity index (χ1) is 16.1. The Balaban J connectivity index is 1.42. The molecule has 2 amide bonds. The molecule has 0 fully saturated rings. The molecule has 4 rings (SSSR count). The maximum absolute atomic E-state index is 12.3. The van der Waals surface area contributed by atoms with Crippen LogP contribution in [0.3, 0.4) is 0 Å². The second-order valence-electron chi connectivity index (χ2n) is 7.40. The van der Waals surface area contributed by atoms with Crippen LogP contribution in [-0.2, 0) is 11.3 Å². The number of hydrogen-bond acceptors (Lipinski definition) is 5. The number of amides is 2. The molecule has 33 heavy (non-hydrogen) atoms. The van der Waals surface area contributed by atoms with Gasteiger partial charge in [-0.15, -0.1) is 0 Å². The van der Waals surface area contributed by atoms with E-state index in [0.717, 1.165) is 22.4 Å². The first-order valence-corrected chi connectivity index (χ1v) is 10.5. The molecule has 4 aromatic rings. The summed E-state index contributed by atoms with van der Waals surface area (Å²) >= 11 is 0. The lowest BCUT2D eigenvalue weighted by Gasteiger charge is -2.10. The highest BCUT2D eigenvalue weighted by molar-refractivity contribution is 6.03. The molecule has 1 aromatic heterocycles. The molecular weight excluding hydrogens is 414 g/mol. The number of benzene rings is 3. The van der Waals surface area contributed by atoms with Crippen LogP contribution in [0.4, 0.5) is 17.5 Å². The smallest absolute Gasteiger partial charge is 0.256 e. The van der Waals surface area contributed by atoms with Crippen molar-refractivity contribution in [2.75, 3.05) is 16.0 Å². The molecule has 0 saturated heterocycles. The van der Waals surface area contributed by atoms with Crippen molar-refractivity contribution in [2.45, 2.75) is 13.5 Å². The molecule has 164 valence electrons. The molecule has 0 saturated carbocycles. The summed E-state index contributed by atoms with van der Waals surface area (Å²) in [6, 6.07) is 26.4. The predicted molar refractivity (Wildman–Crippen MR) is 130 cm³/mol. The van der Waals surface area contributed by atoms with Gasteiger partial charge in [-0.3, -0.25) is 9.59 Å². The van der Waals surface area contributed by atoms with Crippen LogP contribution in [0, 0.1) is 0 Å². The minimum atomic E-state index is -0.227. The van der Waals surface area contributed by atoms with Crippen molar-refractivity contribution in [2.24, 2.45) is 0 Å². The van der Waals surface area contributed by atoms with Gasteiger partial charge in [-0.1, -0.05) is 48.5 Å². The SMILES string of the molecule is CC(=O)Nc1cccc(-c2cccc(CNc3nccc(NC(=O)c4ccccc4)n3)c2)c1. The number of anilines is 3. The Kier molecular flexibility index (Phi) is 6.70. The van der Waals surface area contributed by atoms with Crippen LogP contribution < -0.4 is 16.0 Å². The molecule has 3 N–H and O–H groups in total. The molecule has 0 aliphatic carbocycles. The Morgan fingerprint density at radius 2 is 1.58 bits per heavy atom. The summed E-state index contributed by atoms with van der Waals surface area (Å²) in [4.78, 5) is 32.3. The van der Waals surface area contributed by atoms with Crippen LogP contribution in [0.5, 0.6) is 0 Å². The number of nitrogens with one attached hydrogen (secondary N) is 3. The number of carbonyl (C=O) groups is 2. The number of nitrogens with zero attached hydrogens (tertiary/aromatic N) is 2. The zero-order chi connectivity index (χ0) is 23.0. The van der Waals surface area contributed by atoms with E-state index in [1.54, 1.807) is 24.4 Å². The third-order valence-electron chi connectivity index (χ3n) is 4.83. The molecule has 0 aliphatic heterocycles. The summed E-state index contributed by atoms with van der Waals surface area (Å²) in [6.07, 6.45) is 1.60. The number of rotatable bonds is 7. The summed E-state index contributed by atoms with van der Waals surface area (Å²) in [5.74, 6) is 0.505. The van der Waals surface area contributed by atoms with Crippen molar-refractivity contribution in [1.29, 1.82) is 0 Å². The molecule has 7 heteroatoms. The van der Waals surface area contributed by atoms with E-state index >= 15 is 0 Å². The standard InChI is InChI=1S/C26H23N5O2/c1-18(32)29-23-12-6-11-22(16-23)21-10-5-7-19(15-21)17-28-26-27-14-13-24(31-26)30-25(33)20-8-3-2-4-9-20/h2-16H,17H2,1H3,(H,29,32)(H2,27,28,30,31,33). The molecule has 0 spiro atoms. The van der Waals surface area contributed by atoms with Crippen molar-refractivity contribution in [3.63, 3.8) is 0 Å². The van der Waals surface area contributed by atoms with Gasteiger partial charge in [-0.2, -0.15) is 4.98 Å². The topological polar surface area (TPSA) is 96.0 Å². The first-order valence-electron chi connectivity index (χ1n) is 10.5. The quantitative estimate of drug-likeness (QED) is 0.380. The highest BCUT2D eigenvalue weighted by Crippen LogP contribution is 2.24. The monoisotopic (exact) mass is 437 g/mol. The van der Waals surface area contributed by atoms with Crippen molar-refractivity contribution in [3.8, 4) is 11.1 Å². The zero-order valence-electron chi connectivity index (χ0n) is 18.1. The maximum Gasteiger partial charge on any atom is 0.256 e. The summed E-state index contributed by atoms with van der Waals surface area (Å²) in [7, 11) is 0. The Morgan fingerprint density at radius 1 is 0.818 bits per heavy atom. The minimum Gasteiger partial charge on any atom is -0.350 e. The average Bonchev–Trinajstić information content (AvgIpc) is 2.83. The van der Waals surface area contributed by atoms with Gasteiger partial charge in [-0.25, -0.2) is 4.98 Å². The highest BCUT2D eigenvalue weighted by atomic mass is 16.2. The van der Waals surface area contributed by atoms with Gasteiger partial charge in [0.15, 0.2) is 0 Å². The number of hydrogen-bond donors (Lipinski definition) is 3.